The van der Waals surface area contributed by atoms with Crippen LogP contribution in [0.3, 0.4) is 0 Å². The van der Waals surface area contributed by atoms with E-state index in [0.29, 0.717) is 6.29 Å². The molecule has 6 heteroatoms. The van der Waals surface area contributed by atoms with Gasteiger partial charge in [0.15, 0.2) is 0 Å². The number of hydrogen-bond donors (Lipinski definition) is 1. The van der Waals surface area contributed by atoms with Crippen LogP contribution in [0.25, 0.3) is 0 Å². The van der Waals surface area contributed by atoms with E-state index >= 15 is 0 Å². The molecule has 0 aromatic carbocycles. The molecule has 1 aromatic heterocycles. The smallest absolute Gasteiger partial charge is 0.326 e. The second kappa shape index (κ2) is 3.65. The van der Waals surface area contributed by atoms with E-state index in [0.717, 1.165) is 22.9 Å². The summed E-state index contributed by atoms with van der Waals surface area (Å²) >= 11 is 0. The monoisotopic (exact) mass is 204 g/mol. The number of halogens is 3. The number of nitrogens with one attached hydrogen (secondary N) is 1. The average molecular weight is 204 g/mol. The summed E-state index contributed by atoms with van der Waals surface area (Å²) in [6.45, 7) is -0.247. The number of nitrogens with zero attached hydrogens (tertiary/aromatic N) is 1. The van der Waals surface area contributed by atoms with Crippen molar-refractivity contribution in [1.29, 1.82) is 5.41 Å². The van der Waals surface area contributed by atoms with Crippen LogP contribution >= 0.6 is 0 Å². The van der Waals surface area contributed by atoms with Gasteiger partial charge in [-0.1, -0.05) is 0 Å². The van der Waals surface area contributed by atoms with Crippen LogP contribution in [0.5, 0.6) is 0 Å². The molecule has 0 saturated carbocycles. The molecule has 0 amide bonds. The molecule has 0 bridgehead atoms. The first kappa shape index (κ1) is 10.5. The maximum absolute atomic E-state index is 12.2. The molecule has 1 N–H and O–H groups in total. The zero-order valence-corrected chi connectivity index (χ0v) is 7.01. The van der Waals surface area contributed by atoms with Crippen LogP contribution in [0, 0.1) is 5.41 Å². The summed E-state index contributed by atoms with van der Waals surface area (Å²) < 4.78 is 37.5. The molecule has 76 valence electrons. The molecule has 0 saturated heterocycles. The first-order valence-corrected chi connectivity index (χ1v) is 3.71. The van der Waals surface area contributed by atoms with Gasteiger partial charge in [-0.05, 0) is 12.1 Å². The van der Waals surface area contributed by atoms with Gasteiger partial charge in [-0.3, -0.25) is 5.41 Å². The highest BCUT2D eigenvalue weighted by molar-refractivity contribution is 5.49. The molecule has 1 heterocycles. The molecule has 3 nitrogen and oxygen atoms in total. The van der Waals surface area contributed by atoms with E-state index in [1.54, 1.807) is 0 Å². The van der Waals surface area contributed by atoms with Gasteiger partial charge < -0.3 is 9.36 Å². The molecule has 0 fully saturated rings. The summed E-state index contributed by atoms with van der Waals surface area (Å²) in [4.78, 5) is 10.1. The van der Waals surface area contributed by atoms with Crippen molar-refractivity contribution in [3.8, 4) is 0 Å². The first-order valence-electron chi connectivity index (χ1n) is 3.71. The number of hydrogen-bond acceptors (Lipinski definition) is 2. The molecular formula is C8H7F3N2O. The summed E-state index contributed by atoms with van der Waals surface area (Å²) in [5.41, 5.74) is -1.000. The van der Waals surface area contributed by atoms with E-state index in [-0.39, 0.29) is 12.0 Å². The van der Waals surface area contributed by atoms with Crippen molar-refractivity contribution >= 4 is 6.29 Å². The van der Waals surface area contributed by atoms with Gasteiger partial charge in [-0.15, -0.1) is 0 Å². The lowest BCUT2D eigenvalue weighted by Crippen LogP contribution is -2.22. The molecule has 0 unspecified atom stereocenters. The highest BCUT2D eigenvalue weighted by Gasteiger charge is 2.30. The quantitative estimate of drug-likeness (QED) is 0.722. The standard InChI is InChI=1S/C8H7F3N2O/c9-8(10,11)6-1-2-7(12)13(5-6)3-4-14/h1-2,4-5,12H,3H2. The molecule has 0 spiro atoms. The first-order chi connectivity index (χ1) is 6.45. The third-order valence-corrected chi connectivity index (χ3v) is 1.62. The minimum absolute atomic E-state index is 0.134. The summed E-state index contributed by atoms with van der Waals surface area (Å²) in [5, 5.41) is 7.21. The Morgan fingerprint density at radius 2 is 2.07 bits per heavy atom. The zero-order chi connectivity index (χ0) is 10.8. The van der Waals surface area contributed by atoms with Gasteiger partial charge in [0.2, 0.25) is 0 Å². The van der Waals surface area contributed by atoms with E-state index < -0.39 is 11.7 Å². The van der Waals surface area contributed by atoms with Gasteiger partial charge in [-0.25, -0.2) is 0 Å². The van der Waals surface area contributed by atoms with Crippen LogP contribution in [-0.4, -0.2) is 10.9 Å². The van der Waals surface area contributed by atoms with Gasteiger partial charge >= 0.3 is 6.18 Å². The lowest BCUT2D eigenvalue weighted by molar-refractivity contribution is -0.138. The van der Waals surface area contributed by atoms with Crippen molar-refractivity contribution in [3.05, 3.63) is 29.4 Å². The summed E-state index contributed by atoms with van der Waals surface area (Å²) in [6, 6.07) is 1.82. The van der Waals surface area contributed by atoms with Crippen molar-refractivity contribution in [2.75, 3.05) is 0 Å². The van der Waals surface area contributed by atoms with Crippen molar-refractivity contribution < 1.29 is 18.0 Å². The normalized spacial score (nSPS) is 11.4. The fraction of sp³-hybridized carbons (Fsp3) is 0.250. The molecule has 0 aliphatic carbocycles. The number of carbonyl (C=O) groups excluding carboxylic acids is 1. The number of aldehydes is 1. The zero-order valence-electron chi connectivity index (χ0n) is 7.01. The summed E-state index contributed by atoms with van der Waals surface area (Å²) in [6.07, 6.45) is -3.26. The van der Waals surface area contributed by atoms with Gasteiger partial charge in [0, 0.05) is 6.20 Å². The molecule has 0 atom stereocenters. The van der Waals surface area contributed by atoms with Gasteiger partial charge in [0.25, 0.3) is 0 Å². The Hall–Kier alpha value is -1.59. The second-order valence-corrected chi connectivity index (χ2v) is 2.62. The third kappa shape index (κ3) is 2.21. The van der Waals surface area contributed by atoms with Crippen molar-refractivity contribution in [2.45, 2.75) is 12.7 Å². The number of alkyl halides is 3. The van der Waals surface area contributed by atoms with E-state index in [1.165, 1.54) is 0 Å². The van der Waals surface area contributed by atoms with Crippen LogP contribution in [-0.2, 0) is 17.5 Å². The van der Waals surface area contributed by atoms with E-state index in [2.05, 4.69) is 0 Å². The molecule has 1 rings (SSSR count). The predicted molar refractivity (Wildman–Crippen MR) is 41.4 cm³/mol. The highest BCUT2D eigenvalue weighted by atomic mass is 19.4. The molecule has 0 radical (unpaired) electrons. The Morgan fingerprint density at radius 3 is 2.57 bits per heavy atom. The lowest BCUT2D eigenvalue weighted by atomic mass is 10.3. The summed E-state index contributed by atoms with van der Waals surface area (Å²) in [7, 11) is 0. The maximum atomic E-state index is 12.2. The van der Waals surface area contributed by atoms with Crippen LogP contribution in [0.4, 0.5) is 13.2 Å². The maximum Gasteiger partial charge on any atom is 0.417 e. The Balaban J connectivity index is 3.19. The number of carbonyl (C=O) groups is 1. The Kier molecular flexibility index (Phi) is 2.73. The lowest BCUT2D eigenvalue weighted by Gasteiger charge is -2.09. The Morgan fingerprint density at radius 1 is 1.43 bits per heavy atom. The van der Waals surface area contributed by atoms with Crippen molar-refractivity contribution in [3.63, 3.8) is 0 Å². The van der Waals surface area contributed by atoms with Crippen molar-refractivity contribution in [2.24, 2.45) is 0 Å². The van der Waals surface area contributed by atoms with Crippen LogP contribution in [0.15, 0.2) is 18.3 Å². The van der Waals surface area contributed by atoms with E-state index in [9.17, 15) is 18.0 Å². The molecule has 14 heavy (non-hydrogen) atoms. The SMILES string of the molecule is N=c1ccc(C(F)(F)F)cn1CC=O. The van der Waals surface area contributed by atoms with Crippen LogP contribution in [0.2, 0.25) is 0 Å². The minimum atomic E-state index is -4.45. The summed E-state index contributed by atoms with van der Waals surface area (Å²) in [5.74, 6) is 0. The average Bonchev–Trinajstić information content (AvgIpc) is 2.07. The molecule has 1 aromatic rings. The van der Waals surface area contributed by atoms with Gasteiger partial charge in [0.1, 0.15) is 11.8 Å². The predicted octanol–water partition coefficient (Wildman–Crippen LogP) is 1.19. The Bertz CT molecular complexity index is 394. The van der Waals surface area contributed by atoms with E-state index in [1.807, 2.05) is 0 Å². The van der Waals surface area contributed by atoms with Crippen molar-refractivity contribution in [1.82, 2.24) is 4.57 Å². The molecule has 0 aliphatic heterocycles. The molecule has 0 aliphatic rings. The van der Waals surface area contributed by atoms with Gasteiger partial charge in [0.05, 0.1) is 12.1 Å². The fourth-order valence-corrected chi connectivity index (χ4v) is 0.944. The van der Waals surface area contributed by atoms with E-state index in [4.69, 9.17) is 5.41 Å². The topological polar surface area (TPSA) is 45.9 Å². The number of aromatic nitrogens is 1. The highest BCUT2D eigenvalue weighted by Crippen LogP contribution is 2.27. The van der Waals surface area contributed by atoms with Crippen LogP contribution < -0.4 is 5.49 Å². The number of pyridine rings is 1. The molecular weight excluding hydrogens is 197 g/mol. The second-order valence-electron chi connectivity index (χ2n) is 2.62. The number of rotatable bonds is 2. The van der Waals surface area contributed by atoms with Crippen LogP contribution in [0.1, 0.15) is 5.56 Å². The fourth-order valence-electron chi connectivity index (χ4n) is 0.944. The largest absolute Gasteiger partial charge is 0.417 e. The Labute approximate surface area is 77.3 Å². The minimum Gasteiger partial charge on any atom is -0.326 e. The van der Waals surface area contributed by atoms with Gasteiger partial charge in [-0.2, -0.15) is 13.2 Å². The third-order valence-electron chi connectivity index (χ3n) is 1.62.